The highest BCUT2D eigenvalue weighted by Crippen LogP contribution is 2.31. The molecule has 0 unspecified atom stereocenters. The van der Waals surface area contributed by atoms with Crippen molar-refractivity contribution in [1.29, 1.82) is 0 Å². The summed E-state index contributed by atoms with van der Waals surface area (Å²) in [5.74, 6) is 0. The van der Waals surface area contributed by atoms with Crippen molar-refractivity contribution in [3.63, 3.8) is 0 Å². The molecule has 1 N–H and O–H groups in total. The molecule has 156 valence electrons. The van der Waals surface area contributed by atoms with Crippen LogP contribution in [0.2, 0.25) is 0 Å². The van der Waals surface area contributed by atoms with Crippen molar-refractivity contribution in [2.75, 3.05) is 19.0 Å². The Morgan fingerprint density at radius 2 is 1.93 bits per heavy atom. The van der Waals surface area contributed by atoms with Crippen molar-refractivity contribution in [3.8, 4) is 0 Å². The van der Waals surface area contributed by atoms with Crippen LogP contribution in [0, 0.1) is 0 Å². The summed E-state index contributed by atoms with van der Waals surface area (Å²) in [4.78, 5) is 24.4. The molecule has 0 aliphatic carbocycles. The van der Waals surface area contributed by atoms with E-state index in [9.17, 15) is 13.2 Å². The number of hydrogen-bond donors (Lipinski definition) is 1. The average molecular weight is 444 g/mol. The first-order chi connectivity index (χ1) is 14.3. The number of sulfone groups is 1. The molecular formula is C20H21N5O3S2. The second-order valence-corrected chi connectivity index (χ2v) is 10.4. The SMILES string of the molecule is CN(C)c1ccc(S(=O)(=O)c2ccc(CNC(=O)N3Cc4ccncc4C3)nc2)s1. The lowest BCUT2D eigenvalue weighted by Crippen LogP contribution is -2.36. The number of urea groups is 1. The van der Waals surface area contributed by atoms with E-state index in [4.69, 9.17) is 0 Å². The molecule has 3 aromatic heterocycles. The number of anilines is 1. The number of amides is 2. The van der Waals surface area contributed by atoms with Crippen LogP contribution >= 0.6 is 11.3 Å². The molecule has 30 heavy (non-hydrogen) atoms. The summed E-state index contributed by atoms with van der Waals surface area (Å²) in [5, 5.41) is 3.69. The molecule has 1 aliphatic rings. The number of hydrogen-bond acceptors (Lipinski definition) is 7. The zero-order valence-corrected chi connectivity index (χ0v) is 18.2. The molecule has 0 spiro atoms. The Morgan fingerprint density at radius 1 is 1.13 bits per heavy atom. The first kappa shape index (κ1) is 20.3. The third-order valence-electron chi connectivity index (χ3n) is 4.82. The number of rotatable bonds is 5. The van der Waals surface area contributed by atoms with Gasteiger partial charge in [0.2, 0.25) is 9.84 Å². The fourth-order valence-corrected chi connectivity index (χ4v) is 5.69. The first-order valence-corrected chi connectivity index (χ1v) is 11.6. The van der Waals surface area contributed by atoms with Gasteiger partial charge in [0, 0.05) is 45.8 Å². The minimum absolute atomic E-state index is 0.132. The van der Waals surface area contributed by atoms with Crippen molar-refractivity contribution in [2.45, 2.75) is 28.7 Å². The van der Waals surface area contributed by atoms with E-state index >= 15 is 0 Å². The van der Waals surface area contributed by atoms with Crippen molar-refractivity contribution >= 4 is 32.2 Å². The molecule has 0 aromatic carbocycles. The van der Waals surface area contributed by atoms with Crippen LogP contribution < -0.4 is 10.2 Å². The number of pyridine rings is 2. The van der Waals surface area contributed by atoms with Crippen LogP contribution in [0.3, 0.4) is 0 Å². The average Bonchev–Trinajstić information content (AvgIpc) is 3.40. The van der Waals surface area contributed by atoms with Gasteiger partial charge in [-0.1, -0.05) is 0 Å². The van der Waals surface area contributed by atoms with Crippen LogP contribution in [0.5, 0.6) is 0 Å². The van der Waals surface area contributed by atoms with E-state index < -0.39 is 9.84 Å². The van der Waals surface area contributed by atoms with Crippen LogP contribution in [0.25, 0.3) is 0 Å². The predicted molar refractivity (Wildman–Crippen MR) is 114 cm³/mol. The zero-order valence-electron chi connectivity index (χ0n) is 16.6. The van der Waals surface area contributed by atoms with Gasteiger partial charge in [0.1, 0.15) is 4.21 Å². The number of nitrogens with zero attached hydrogens (tertiary/aromatic N) is 4. The maximum atomic E-state index is 12.8. The smallest absolute Gasteiger partial charge is 0.318 e. The van der Waals surface area contributed by atoms with E-state index in [1.54, 1.807) is 35.5 Å². The maximum absolute atomic E-state index is 12.8. The van der Waals surface area contributed by atoms with E-state index in [1.165, 1.54) is 23.6 Å². The Labute approximate surface area is 179 Å². The number of fused-ring (bicyclic) bond motifs is 1. The summed E-state index contributed by atoms with van der Waals surface area (Å²) in [6, 6.07) is 8.25. The Morgan fingerprint density at radius 3 is 2.60 bits per heavy atom. The molecule has 0 saturated heterocycles. The highest BCUT2D eigenvalue weighted by atomic mass is 32.2. The lowest BCUT2D eigenvalue weighted by atomic mass is 10.2. The van der Waals surface area contributed by atoms with E-state index in [0.29, 0.717) is 18.8 Å². The van der Waals surface area contributed by atoms with E-state index in [2.05, 4.69) is 15.3 Å². The standard InChI is InChI=1S/C20H21N5O3S2/c1-24(2)18-5-6-19(29-18)30(27,28)17-4-3-16(22-11-17)10-23-20(26)25-12-14-7-8-21-9-15(14)13-25/h3-9,11H,10,12-13H2,1-2H3,(H,23,26). The molecule has 4 heterocycles. The minimum Gasteiger partial charge on any atom is -0.370 e. The van der Waals surface area contributed by atoms with Gasteiger partial charge < -0.3 is 15.1 Å². The summed E-state index contributed by atoms with van der Waals surface area (Å²) in [6.07, 6.45) is 4.83. The van der Waals surface area contributed by atoms with E-state index in [-0.39, 0.29) is 21.7 Å². The van der Waals surface area contributed by atoms with E-state index in [1.807, 2.05) is 25.1 Å². The Kier molecular flexibility index (Phi) is 5.44. The number of nitrogens with one attached hydrogen (secondary N) is 1. The van der Waals surface area contributed by atoms with Crippen LogP contribution in [0.15, 0.2) is 58.0 Å². The Bertz CT molecular complexity index is 1150. The second-order valence-electron chi connectivity index (χ2n) is 7.13. The van der Waals surface area contributed by atoms with Crippen LogP contribution in [-0.4, -0.2) is 43.4 Å². The van der Waals surface area contributed by atoms with Gasteiger partial charge in [-0.25, -0.2) is 13.2 Å². The van der Waals surface area contributed by atoms with Gasteiger partial charge in [-0.2, -0.15) is 0 Å². The fraction of sp³-hybridized carbons (Fsp3) is 0.250. The number of carbonyl (C=O) groups excluding carboxylic acids is 1. The number of carbonyl (C=O) groups is 1. The Hall–Kier alpha value is -2.98. The maximum Gasteiger partial charge on any atom is 0.318 e. The van der Waals surface area contributed by atoms with Gasteiger partial charge in [0.15, 0.2) is 0 Å². The molecule has 0 radical (unpaired) electrons. The minimum atomic E-state index is -3.62. The van der Waals surface area contributed by atoms with Crippen molar-refractivity contribution in [2.24, 2.45) is 0 Å². The Balaban J connectivity index is 1.38. The summed E-state index contributed by atoms with van der Waals surface area (Å²) in [6.45, 7) is 1.29. The van der Waals surface area contributed by atoms with Gasteiger partial charge >= 0.3 is 6.03 Å². The monoisotopic (exact) mass is 443 g/mol. The van der Waals surface area contributed by atoms with Crippen molar-refractivity contribution in [1.82, 2.24) is 20.2 Å². The number of aromatic nitrogens is 2. The molecule has 0 bridgehead atoms. The van der Waals surface area contributed by atoms with Crippen molar-refractivity contribution in [3.05, 3.63) is 65.7 Å². The van der Waals surface area contributed by atoms with Gasteiger partial charge in [0.05, 0.1) is 22.1 Å². The predicted octanol–water partition coefficient (Wildman–Crippen LogP) is 2.66. The second kappa shape index (κ2) is 8.04. The summed E-state index contributed by atoms with van der Waals surface area (Å²) in [7, 11) is 0.116. The molecular weight excluding hydrogens is 422 g/mol. The van der Waals surface area contributed by atoms with E-state index in [0.717, 1.165) is 16.1 Å². The molecule has 0 fully saturated rings. The number of thiophene rings is 1. The van der Waals surface area contributed by atoms with Crippen LogP contribution in [-0.2, 0) is 29.5 Å². The van der Waals surface area contributed by atoms with Gasteiger partial charge in [-0.15, -0.1) is 11.3 Å². The fourth-order valence-electron chi connectivity index (χ4n) is 3.13. The third kappa shape index (κ3) is 4.01. The van der Waals surface area contributed by atoms with Crippen molar-refractivity contribution < 1.29 is 13.2 Å². The molecule has 3 aromatic rings. The van der Waals surface area contributed by atoms with Gasteiger partial charge in [-0.3, -0.25) is 9.97 Å². The highest BCUT2D eigenvalue weighted by Gasteiger charge is 2.24. The summed E-state index contributed by atoms with van der Waals surface area (Å²) >= 11 is 1.21. The van der Waals surface area contributed by atoms with Crippen LogP contribution in [0.1, 0.15) is 16.8 Å². The highest BCUT2D eigenvalue weighted by molar-refractivity contribution is 7.93. The third-order valence-corrected chi connectivity index (χ3v) is 8.30. The molecule has 0 saturated carbocycles. The lowest BCUT2D eigenvalue weighted by Gasteiger charge is -2.16. The zero-order chi connectivity index (χ0) is 21.3. The largest absolute Gasteiger partial charge is 0.370 e. The summed E-state index contributed by atoms with van der Waals surface area (Å²) in [5.41, 5.74) is 2.73. The molecule has 8 nitrogen and oxygen atoms in total. The normalized spacial score (nSPS) is 13.2. The molecule has 10 heteroatoms. The first-order valence-electron chi connectivity index (χ1n) is 9.26. The molecule has 0 atom stereocenters. The summed E-state index contributed by atoms with van der Waals surface area (Å²) < 4.78 is 25.9. The topological polar surface area (TPSA) is 95.5 Å². The lowest BCUT2D eigenvalue weighted by molar-refractivity contribution is 0.198. The molecule has 4 rings (SSSR count). The van der Waals surface area contributed by atoms with Gasteiger partial charge in [-0.05, 0) is 41.5 Å². The molecule has 1 aliphatic heterocycles. The quantitative estimate of drug-likeness (QED) is 0.651. The molecule has 2 amide bonds. The van der Waals surface area contributed by atoms with Crippen LogP contribution in [0.4, 0.5) is 9.80 Å². The van der Waals surface area contributed by atoms with Gasteiger partial charge in [0.25, 0.3) is 0 Å².